The molecule has 37 heavy (non-hydrogen) atoms. The number of para-hydroxylation sites is 2. The van der Waals surface area contributed by atoms with Crippen molar-refractivity contribution >= 4 is 44.5 Å². The van der Waals surface area contributed by atoms with E-state index in [4.69, 9.17) is 11.6 Å². The summed E-state index contributed by atoms with van der Waals surface area (Å²) in [6.45, 7) is 0.546. The van der Waals surface area contributed by atoms with E-state index in [2.05, 4.69) is 31.2 Å². The normalized spacial score (nSPS) is 17.9. The number of nitrogens with zero attached hydrogens (tertiary/aromatic N) is 4. The van der Waals surface area contributed by atoms with E-state index >= 15 is 0 Å². The van der Waals surface area contributed by atoms with Crippen molar-refractivity contribution in [2.24, 2.45) is 5.92 Å². The molecule has 1 saturated carbocycles. The number of nitrogens with one attached hydrogen (secondary N) is 1. The van der Waals surface area contributed by atoms with Gasteiger partial charge in [-0.3, -0.25) is 18.9 Å². The number of imidazole rings is 1. The lowest BCUT2D eigenvalue weighted by atomic mass is 9.85. The summed E-state index contributed by atoms with van der Waals surface area (Å²) in [5.74, 6) is -0.367. The van der Waals surface area contributed by atoms with Gasteiger partial charge in [-0.15, -0.1) is 0 Å². The molecule has 0 radical (unpaired) electrons. The minimum absolute atomic E-state index is 0.127. The van der Waals surface area contributed by atoms with Gasteiger partial charge in [-0.25, -0.2) is 18.6 Å². The topological polar surface area (TPSA) is 81.8 Å². The summed E-state index contributed by atoms with van der Waals surface area (Å²) in [7, 11) is 0. The number of halogens is 4. The van der Waals surface area contributed by atoms with E-state index in [1.807, 2.05) is 30.3 Å². The minimum atomic E-state index is -2.87. The molecule has 11 heteroatoms. The molecule has 1 fully saturated rings. The lowest BCUT2D eigenvalue weighted by Gasteiger charge is -2.29. The second-order valence-corrected chi connectivity index (χ2v) is 10.4. The summed E-state index contributed by atoms with van der Waals surface area (Å²) in [4.78, 5) is 34.1. The molecule has 0 spiro atoms. The summed E-state index contributed by atoms with van der Waals surface area (Å²) in [5.41, 5.74) is 1.43. The predicted molar refractivity (Wildman–Crippen MR) is 140 cm³/mol. The summed E-state index contributed by atoms with van der Waals surface area (Å²) in [6.07, 6.45) is 2.82. The van der Waals surface area contributed by atoms with Crippen molar-refractivity contribution in [2.75, 3.05) is 0 Å². The van der Waals surface area contributed by atoms with Gasteiger partial charge in [0.15, 0.2) is 0 Å². The quantitative estimate of drug-likeness (QED) is 0.283. The van der Waals surface area contributed by atoms with Gasteiger partial charge in [-0.05, 0) is 77.9 Å². The number of hydrogen-bond acceptors (Lipinski definition) is 4. The van der Waals surface area contributed by atoms with Gasteiger partial charge in [0.05, 0.1) is 33.5 Å². The molecule has 7 nitrogen and oxygen atoms in total. The average molecular weight is 591 g/mol. The molecule has 1 aliphatic carbocycles. The maximum Gasteiger partial charge on any atom is 0.333 e. The van der Waals surface area contributed by atoms with Crippen LogP contribution >= 0.6 is 27.5 Å². The molecule has 0 saturated heterocycles. The molecule has 1 amide bonds. The summed E-state index contributed by atoms with van der Waals surface area (Å²) in [6, 6.07) is 12.4. The molecule has 0 aliphatic heterocycles. The Kier molecular flexibility index (Phi) is 7.39. The van der Waals surface area contributed by atoms with E-state index in [1.165, 1.54) is 6.07 Å². The molecule has 1 aliphatic rings. The molecule has 0 unspecified atom stereocenters. The number of alkyl halides is 2. The van der Waals surface area contributed by atoms with Crippen LogP contribution in [0.2, 0.25) is 5.02 Å². The van der Waals surface area contributed by atoms with Gasteiger partial charge in [-0.2, -0.15) is 0 Å². The Morgan fingerprint density at radius 1 is 1.08 bits per heavy atom. The van der Waals surface area contributed by atoms with Crippen LogP contribution in [0.15, 0.2) is 64.3 Å². The van der Waals surface area contributed by atoms with E-state index in [0.717, 1.165) is 30.1 Å². The van der Waals surface area contributed by atoms with Crippen LogP contribution in [-0.4, -0.2) is 31.1 Å². The smallest absolute Gasteiger partial charge is 0.333 e. The number of aromatic nitrogens is 4. The standard InChI is InChI=1S/C26H23BrClF2N5O2/c27-22-10-9-18(13-31-22)35-21-4-2-1-3-20(21)34(26(35)37)14-15-5-7-17(8-6-15)33-25(36)19-11-16(28)12-32-23(19)24(29)30/h1-4,9-13,15,17,24H,5-8,14H2,(H,33,36). The Hall–Kier alpha value is -3.11. The van der Waals surface area contributed by atoms with E-state index in [1.54, 1.807) is 21.4 Å². The molecular weight excluding hydrogens is 568 g/mol. The monoisotopic (exact) mass is 589 g/mol. The molecule has 0 atom stereocenters. The van der Waals surface area contributed by atoms with Crippen molar-refractivity contribution in [2.45, 2.75) is 44.7 Å². The minimum Gasteiger partial charge on any atom is -0.349 e. The highest BCUT2D eigenvalue weighted by atomic mass is 79.9. The second kappa shape index (κ2) is 10.7. The number of amides is 1. The van der Waals surface area contributed by atoms with Crippen molar-refractivity contribution < 1.29 is 13.6 Å². The number of carbonyl (C=O) groups is 1. The predicted octanol–water partition coefficient (Wildman–Crippen LogP) is 5.92. The Balaban J connectivity index is 1.30. The highest BCUT2D eigenvalue weighted by Crippen LogP contribution is 2.29. The van der Waals surface area contributed by atoms with Crippen LogP contribution in [0, 0.1) is 5.92 Å². The van der Waals surface area contributed by atoms with E-state index in [9.17, 15) is 18.4 Å². The SMILES string of the molecule is O=C(NC1CCC(Cn2c(=O)n(-c3ccc(Br)nc3)c3ccccc32)CC1)c1cc(Cl)cnc1C(F)F. The van der Waals surface area contributed by atoms with E-state index in [0.29, 0.717) is 29.7 Å². The third-order valence-electron chi connectivity index (χ3n) is 6.76. The summed E-state index contributed by atoms with van der Waals surface area (Å²) >= 11 is 9.21. The highest BCUT2D eigenvalue weighted by molar-refractivity contribution is 9.10. The molecule has 1 aromatic carbocycles. The van der Waals surface area contributed by atoms with Gasteiger partial charge in [0.25, 0.3) is 12.3 Å². The molecule has 1 N–H and O–H groups in total. The van der Waals surface area contributed by atoms with Crippen LogP contribution in [0.1, 0.15) is 48.2 Å². The van der Waals surface area contributed by atoms with Gasteiger partial charge in [0, 0.05) is 18.8 Å². The van der Waals surface area contributed by atoms with Crippen LogP contribution in [0.4, 0.5) is 8.78 Å². The number of carbonyl (C=O) groups excluding carboxylic acids is 1. The molecule has 4 aromatic rings. The van der Waals surface area contributed by atoms with Crippen LogP contribution < -0.4 is 11.0 Å². The number of hydrogen-bond donors (Lipinski definition) is 1. The summed E-state index contributed by atoms with van der Waals surface area (Å²) in [5, 5.41) is 2.99. The lowest BCUT2D eigenvalue weighted by Crippen LogP contribution is -2.39. The molecule has 192 valence electrons. The largest absolute Gasteiger partial charge is 0.349 e. The number of rotatable bonds is 6. The van der Waals surface area contributed by atoms with Crippen molar-refractivity contribution in [3.05, 3.63) is 86.2 Å². The van der Waals surface area contributed by atoms with Crippen molar-refractivity contribution in [3.63, 3.8) is 0 Å². The van der Waals surface area contributed by atoms with Crippen molar-refractivity contribution in [3.8, 4) is 5.69 Å². The first-order valence-electron chi connectivity index (χ1n) is 11.9. The first-order valence-corrected chi connectivity index (χ1v) is 13.1. The first-order chi connectivity index (χ1) is 17.8. The number of pyridine rings is 2. The molecule has 3 heterocycles. The molecule has 5 rings (SSSR count). The zero-order chi connectivity index (χ0) is 26.1. The van der Waals surface area contributed by atoms with Gasteiger partial charge < -0.3 is 5.32 Å². The van der Waals surface area contributed by atoms with Crippen LogP contribution in [0.5, 0.6) is 0 Å². The summed E-state index contributed by atoms with van der Waals surface area (Å²) < 4.78 is 30.8. The van der Waals surface area contributed by atoms with Crippen LogP contribution in [0.3, 0.4) is 0 Å². The molecule has 0 bridgehead atoms. The van der Waals surface area contributed by atoms with E-state index in [-0.39, 0.29) is 28.2 Å². The third kappa shape index (κ3) is 5.31. The molecular formula is C26H23BrClF2N5O2. The second-order valence-electron chi connectivity index (χ2n) is 9.13. The maximum absolute atomic E-state index is 13.5. The number of benzene rings is 1. The van der Waals surface area contributed by atoms with E-state index < -0.39 is 18.0 Å². The van der Waals surface area contributed by atoms with Crippen molar-refractivity contribution in [1.82, 2.24) is 24.4 Å². The Morgan fingerprint density at radius 2 is 1.81 bits per heavy atom. The Bertz CT molecular complexity index is 1500. The Labute approximate surface area is 224 Å². The average Bonchev–Trinajstić information content (AvgIpc) is 3.16. The van der Waals surface area contributed by atoms with Crippen LogP contribution in [0.25, 0.3) is 16.7 Å². The third-order valence-corrected chi connectivity index (χ3v) is 7.44. The maximum atomic E-state index is 13.5. The zero-order valence-corrected chi connectivity index (χ0v) is 21.9. The van der Waals surface area contributed by atoms with Gasteiger partial charge in [0.2, 0.25) is 0 Å². The Morgan fingerprint density at radius 3 is 2.49 bits per heavy atom. The number of fused-ring (bicyclic) bond motifs is 1. The van der Waals surface area contributed by atoms with Gasteiger partial charge >= 0.3 is 5.69 Å². The fourth-order valence-corrected chi connectivity index (χ4v) is 5.34. The van der Waals surface area contributed by atoms with Gasteiger partial charge in [0.1, 0.15) is 10.3 Å². The molecule has 3 aromatic heterocycles. The van der Waals surface area contributed by atoms with Crippen molar-refractivity contribution in [1.29, 1.82) is 0 Å². The fourth-order valence-electron chi connectivity index (χ4n) is 4.95. The zero-order valence-electron chi connectivity index (χ0n) is 19.6. The van der Waals surface area contributed by atoms with Crippen LogP contribution in [-0.2, 0) is 6.54 Å². The fraction of sp³-hybridized carbons (Fsp3) is 0.308. The van der Waals surface area contributed by atoms with Gasteiger partial charge in [-0.1, -0.05) is 23.7 Å². The highest BCUT2D eigenvalue weighted by Gasteiger charge is 2.27. The first kappa shape index (κ1) is 25.5. The lowest BCUT2D eigenvalue weighted by molar-refractivity contribution is 0.0904.